The standard InChI is InChI=1S/C14H10N2S/c17-14-15-8-7-13(16-14)12-6-5-10-3-1-2-4-11(10)9-12/h1-9H,(H,15,16,17). The molecule has 0 aliphatic heterocycles. The number of benzene rings is 2. The van der Waals surface area contributed by atoms with Crippen molar-refractivity contribution in [2.75, 3.05) is 0 Å². The summed E-state index contributed by atoms with van der Waals surface area (Å²) in [6.45, 7) is 0. The molecule has 1 aromatic heterocycles. The molecule has 0 unspecified atom stereocenters. The molecule has 0 radical (unpaired) electrons. The third-order valence-corrected chi connectivity index (χ3v) is 2.94. The van der Waals surface area contributed by atoms with Crippen molar-refractivity contribution in [3.05, 3.63) is 59.5 Å². The Hall–Kier alpha value is -2.00. The van der Waals surface area contributed by atoms with E-state index >= 15 is 0 Å². The number of hydrogen-bond acceptors (Lipinski definition) is 2. The predicted octanol–water partition coefficient (Wildman–Crippen LogP) is 3.96. The maximum Gasteiger partial charge on any atom is 0.197 e. The number of hydrogen-bond donors (Lipinski definition) is 1. The number of fused-ring (bicyclic) bond motifs is 1. The minimum absolute atomic E-state index is 0.510. The zero-order valence-corrected chi connectivity index (χ0v) is 9.87. The molecule has 1 heterocycles. The molecular weight excluding hydrogens is 228 g/mol. The molecule has 2 aromatic carbocycles. The number of H-pyrrole nitrogens is 1. The van der Waals surface area contributed by atoms with E-state index in [4.69, 9.17) is 12.2 Å². The second kappa shape index (κ2) is 4.11. The van der Waals surface area contributed by atoms with E-state index in [0.29, 0.717) is 4.77 Å². The van der Waals surface area contributed by atoms with Crippen LogP contribution in [-0.4, -0.2) is 9.97 Å². The van der Waals surface area contributed by atoms with Gasteiger partial charge >= 0.3 is 0 Å². The molecule has 0 spiro atoms. The molecule has 3 heteroatoms. The van der Waals surface area contributed by atoms with E-state index in [9.17, 15) is 0 Å². The van der Waals surface area contributed by atoms with Crippen LogP contribution in [0.1, 0.15) is 0 Å². The molecule has 0 aliphatic carbocycles. The Morgan fingerprint density at radius 2 is 1.76 bits per heavy atom. The zero-order valence-electron chi connectivity index (χ0n) is 9.05. The van der Waals surface area contributed by atoms with E-state index in [2.05, 4.69) is 40.3 Å². The molecule has 17 heavy (non-hydrogen) atoms. The zero-order chi connectivity index (χ0) is 11.7. The van der Waals surface area contributed by atoms with Gasteiger partial charge in [0.2, 0.25) is 0 Å². The number of aromatic nitrogens is 2. The average molecular weight is 238 g/mol. The smallest absolute Gasteiger partial charge is 0.197 e. The van der Waals surface area contributed by atoms with E-state index < -0.39 is 0 Å². The van der Waals surface area contributed by atoms with E-state index in [1.807, 2.05) is 18.2 Å². The highest BCUT2D eigenvalue weighted by molar-refractivity contribution is 7.71. The molecule has 82 valence electrons. The van der Waals surface area contributed by atoms with Gasteiger partial charge in [-0.1, -0.05) is 36.4 Å². The Kier molecular flexibility index (Phi) is 2.46. The lowest BCUT2D eigenvalue weighted by atomic mass is 10.1. The summed E-state index contributed by atoms with van der Waals surface area (Å²) in [5.74, 6) is 0. The van der Waals surface area contributed by atoms with Crippen LogP contribution in [0.2, 0.25) is 0 Å². The third-order valence-electron chi connectivity index (χ3n) is 2.74. The molecule has 1 N–H and O–H groups in total. The number of nitrogens with zero attached hydrogens (tertiary/aromatic N) is 1. The van der Waals surface area contributed by atoms with Crippen molar-refractivity contribution < 1.29 is 0 Å². The van der Waals surface area contributed by atoms with E-state index in [1.165, 1.54) is 10.8 Å². The summed E-state index contributed by atoms with van der Waals surface area (Å²) in [7, 11) is 0. The molecule has 0 fully saturated rings. The fraction of sp³-hybridized carbons (Fsp3) is 0. The lowest BCUT2D eigenvalue weighted by Crippen LogP contribution is -1.86. The summed E-state index contributed by atoms with van der Waals surface area (Å²) < 4.78 is 0.510. The largest absolute Gasteiger partial charge is 0.330 e. The van der Waals surface area contributed by atoms with Crippen molar-refractivity contribution in [2.24, 2.45) is 0 Å². The van der Waals surface area contributed by atoms with Crippen LogP contribution in [0.5, 0.6) is 0 Å². The molecule has 3 aromatic rings. The predicted molar refractivity (Wildman–Crippen MR) is 72.4 cm³/mol. The van der Waals surface area contributed by atoms with E-state index in [0.717, 1.165) is 11.3 Å². The van der Waals surface area contributed by atoms with Crippen LogP contribution in [-0.2, 0) is 0 Å². The highest BCUT2D eigenvalue weighted by Gasteiger charge is 1.99. The first-order valence-corrected chi connectivity index (χ1v) is 5.78. The van der Waals surface area contributed by atoms with E-state index in [-0.39, 0.29) is 0 Å². The molecule has 0 saturated heterocycles. The van der Waals surface area contributed by atoms with Gasteiger partial charge in [0.25, 0.3) is 0 Å². The van der Waals surface area contributed by atoms with Gasteiger partial charge in [-0.15, -0.1) is 0 Å². The van der Waals surface area contributed by atoms with Gasteiger partial charge < -0.3 is 4.98 Å². The number of aromatic amines is 1. The minimum atomic E-state index is 0.510. The number of nitrogens with one attached hydrogen (secondary N) is 1. The topological polar surface area (TPSA) is 28.7 Å². The summed E-state index contributed by atoms with van der Waals surface area (Å²) in [6, 6.07) is 16.6. The van der Waals surface area contributed by atoms with Gasteiger partial charge in [0, 0.05) is 11.9 Å². The normalized spacial score (nSPS) is 10.6. The van der Waals surface area contributed by atoms with Crippen molar-refractivity contribution in [1.29, 1.82) is 0 Å². The third kappa shape index (κ3) is 1.97. The first kappa shape index (κ1) is 10.2. The lowest BCUT2D eigenvalue weighted by Gasteiger charge is -2.03. The quantitative estimate of drug-likeness (QED) is 0.650. The van der Waals surface area contributed by atoms with Crippen LogP contribution in [0.15, 0.2) is 54.7 Å². The fourth-order valence-corrected chi connectivity index (χ4v) is 2.06. The molecular formula is C14H10N2S. The Morgan fingerprint density at radius 1 is 0.941 bits per heavy atom. The summed E-state index contributed by atoms with van der Waals surface area (Å²) in [5, 5.41) is 2.46. The molecule has 0 bridgehead atoms. The highest BCUT2D eigenvalue weighted by Crippen LogP contribution is 2.22. The second-order valence-electron chi connectivity index (χ2n) is 3.85. The van der Waals surface area contributed by atoms with Crippen LogP contribution < -0.4 is 0 Å². The Balaban J connectivity index is 2.21. The van der Waals surface area contributed by atoms with Gasteiger partial charge in [0.1, 0.15) is 0 Å². The van der Waals surface area contributed by atoms with Gasteiger partial charge in [-0.05, 0) is 40.7 Å². The molecule has 0 amide bonds. The first-order valence-electron chi connectivity index (χ1n) is 5.37. The average Bonchev–Trinajstić information content (AvgIpc) is 2.38. The van der Waals surface area contributed by atoms with Crippen molar-refractivity contribution in [3.63, 3.8) is 0 Å². The SMILES string of the molecule is S=c1nccc(-c2ccc3ccccc3c2)[nH]1. The van der Waals surface area contributed by atoms with Crippen LogP contribution in [0.3, 0.4) is 0 Å². The van der Waals surface area contributed by atoms with Crippen molar-refractivity contribution in [1.82, 2.24) is 9.97 Å². The summed E-state index contributed by atoms with van der Waals surface area (Å²) in [5.41, 5.74) is 2.12. The summed E-state index contributed by atoms with van der Waals surface area (Å²) >= 11 is 5.03. The van der Waals surface area contributed by atoms with E-state index in [1.54, 1.807) is 6.20 Å². The summed E-state index contributed by atoms with van der Waals surface area (Å²) in [6.07, 6.45) is 1.73. The maximum atomic E-state index is 5.03. The van der Waals surface area contributed by atoms with Crippen molar-refractivity contribution >= 4 is 23.0 Å². The lowest BCUT2D eigenvalue weighted by molar-refractivity contribution is 1.14. The van der Waals surface area contributed by atoms with Crippen molar-refractivity contribution in [2.45, 2.75) is 0 Å². The first-order chi connectivity index (χ1) is 8.33. The van der Waals surface area contributed by atoms with Gasteiger partial charge in [-0.3, -0.25) is 0 Å². The monoisotopic (exact) mass is 238 g/mol. The van der Waals surface area contributed by atoms with Gasteiger partial charge in [-0.2, -0.15) is 0 Å². The van der Waals surface area contributed by atoms with Gasteiger partial charge in [0.15, 0.2) is 4.77 Å². The Bertz CT molecular complexity index is 731. The molecule has 3 rings (SSSR count). The van der Waals surface area contributed by atoms with Crippen LogP contribution in [0.25, 0.3) is 22.0 Å². The van der Waals surface area contributed by atoms with Crippen molar-refractivity contribution in [3.8, 4) is 11.3 Å². The number of rotatable bonds is 1. The van der Waals surface area contributed by atoms with Gasteiger partial charge in [-0.25, -0.2) is 4.98 Å². The molecule has 0 atom stereocenters. The molecule has 0 saturated carbocycles. The molecule has 2 nitrogen and oxygen atoms in total. The van der Waals surface area contributed by atoms with Crippen LogP contribution >= 0.6 is 12.2 Å². The van der Waals surface area contributed by atoms with Crippen LogP contribution in [0, 0.1) is 4.77 Å². The Labute approximate surface area is 104 Å². The fourth-order valence-electron chi connectivity index (χ4n) is 1.89. The minimum Gasteiger partial charge on any atom is -0.330 e. The second-order valence-corrected chi connectivity index (χ2v) is 4.24. The van der Waals surface area contributed by atoms with Crippen LogP contribution in [0.4, 0.5) is 0 Å². The molecule has 0 aliphatic rings. The maximum absolute atomic E-state index is 5.03. The Morgan fingerprint density at radius 3 is 2.59 bits per heavy atom. The highest BCUT2D eigenvalue weighted by atomic mass is 32.1. The van der Waals surface area contributed by atoms with Gasteiger partial charge in [0.05, 0.1) is 0 Å². The summed E-state index contributed by atoms with van der Waals surface area (Å²) in [4.78, 5) is 7.08.